The van der Waals surface area contributed by atoms with Gasteiger partial charge in [0.15, 0.2) is 5.78 Å². The first kappa shape index (κ1) is 26.6. The number of aliphatic hydroxyl groups excluding tert-OH is 1. The van der Waals surface area contributed by atoms with Crippen LogP contribution in [0.5, 0.6) is 5.75 Å². The van der Waals surface area contributed by atoms with Gasteiger partial charge in [0, 0.05) is 22.7 Å². The SMILES string of the molecule is CC(=O)c1ccc(NC(=O)O[C@H](c2ccc(OCCO)cc2)C(C)(C)CC/C=C/C(=O)O)cc1. The van der Waals surface area contributed by atoms with Crippen molar-refractivity contribution in [3.8, 4) is 5.75 Å². The third-order valence-corrected chi connectivity index (χ3v) is 5.23. The van der Waals surface area contributed by atoms with E-state index in [1.165, 1.54) is 6.92 Å². The van der Waals surface area contributed by atoms with E-state index in [1.54, 1.807) is 54.6 Å². The second-order valence-corrected chi connectivity index (χ2v) is 8.45. The molecule has 0 heterocycles. The molecule has 0 aliphatic rings. The molecule has 0 radical (unpaired) electrons. The van der Waals surface area contributed by atoms with Gasteiger partial charge in [0.1, 0.15) is 18.5 Å². The molecule has 0 saturated heterocycles. The quantitative estimate of drug-likeness (QED) is 0.295. The lowest BCUT2D eigenvalue weighted by Gasteiger charge is -2.34. The average molecular weight is 470 g/mol. The van der Waals surface area contributed by atoms with E-state index in [4.69, 9.17) is 19.7 Å². The molecule has 2 rings (SSSR count). The monoisotopic (exact) mass is 469 g/mol. The third-order valence-electron chi connectivity index (χ3n) is 5.23. The highest BCUT2D eigenvalue weighted by atomic mass is 16.6. The van der Waals surface area contributed by atoms with E-state index in [9.17, 15) is 14.4 Å². The van der Waals surface area contributed by atoms with Gasteiger partial charge in [-0.05, 0) is 61.7 Å². The molecule has 0 aliphatic carbocycles. The first-order chi connectivity index (χ1) is 16.1. The Kier molecular flexibility index (Phi) is 9.82. The van der Waals surface area contributed by atoms with Gasteiger partial charge in [-0.25, -0.2) is 9.59 Å². The summed E-state index contributed by atoms with van der Waals surface area (Å²) in [5.41, 5.74) is 1.23. The van der Waals surface area contributed by atoms with E-state index in [-0.39, 0.29) is 19.0 Å². The molecule has 0 bridgehead atoms. The van der Waals surface area contributed by atoms with Crippen LogP contribution in [0.25, 0.3) is 0 Å². The molecule has 0 fully saturated rings. The molecular weight excluding hydrogens is 438 g/mol. The Balaban J connectivity index is 2.20. The summed E-state index contributed by atoms with van der Waals surface area (Å²) < 4.78 is 11.2. The smallest absolute Gasteiger partial charge is 0.412 e. The summed E-state index contributed by atoms with van der Waals surface area (Å²) in [6.45, 7) is 5.42. The Hall–Kier alpha value is -3.65. The fourth-order valence-electron chi connectivity index (χ4n) is 3.39. The van der Waals surface area contributed by atoms with Crippen molar-refractivity contribution < 1.29 is 34.1 Å². The largest absolute Gasteiger partial charge is 0.491 e. The number of anilines is 1. The number of rotatable bonds is 12. The molecular formula is C26H31NO7. The number of ether oxygens (including phenoxy) is 2. The second-order valence-electron chi connectivity index (χ2n) is 8.45. The zero-order valence-corrected chi connectivity index (χ0v) is 19.6. The predicted octanol–water partition coefficient (Wildman–Crippen LogP) is 5.00. The summed E-state index contributed by atoms with van der Waals surface area (Å²) in [6, 6.07) is 13.6. The van der Waals surface area contributed by atoms with Crippen molar-refractivity contribution in [3.05, 3.63) is 71.8 Å². The number of benzene rings is 2. The summed E-state index contributed by atoms with van der Waals surface area (Å²) in [6.07, 6.45) is 2.42. The first-order valence-corrected chi connectivity index (χ1v) is 10.9. The number of allylic oxidation sites excluding steroid dienone is 1. The van der Waals surface area contributed by atoms with Gasteiger partial charge >= 0.3 is 12.1 Å². The maximum Gasteiger partial charge on any atom is 0.412 e. The van der Waals surface area contributed by atoms with Crippen LogP contribution in [0.4, 0.5) is 10.5 Å². The molecule has 0 saturated carbocycles. The zero-order chi connectivity index (χ0) is 25.1. The number of carbonyl (C=O) groups excluding carboxylic acids is 2. The fourth-order valence-corrected chi connectivity index (χ4v) is 3.39. The van der Waals surface area contributed by atoms with Crippen molar-refractivity contribution in [2.24, 2.45) is 5.41 Å². The van der Waals surface area contributed by atoms with Gasteiger partial charge in [-0.15, -0.1) is 0 Å². The van der Waals surface area contributed by atoms with Gasteiger partial charge in [-0.2, -0.15) is 0 Å². The number of Topliss-reactive ketones (excluding diaryl/α,β-unsaturated/α-hetero) is 1. The highest BCUT2D eigenvalue weighted by molar-refractivity contribution is 5.95. The van der Waals surface area contributed by atoms with Gasteiger partial charge in [0.2, 0.25) is 0 Å². The predicted molar refractivity (Wildman–Crippen MR) is 128 cm³/mol. The van der Waals surface area contributed by atoms with Crippen LogP contribution >= 0.6 is 0 Å². The molecule has 0 unspecified atom stereocenters. The number of aliphatic carboxylic acids is 1. The molecule has 3 N–H and O–H groups in total. The lowest BCUT2D eigenvalue weighted by molar-refractivity contribution is -0.131. The second kappa shape index (κ2) is 12.6. The van der Waals surface area contributed by atoms with Crippen molar-refractivity contribution in [2.45, 2.75) is 39.7 Å². The first-order valence-electron chi connectivity index (χ1n) is 10.9. The Labute approximate surface area is 199 Å². The number of carbonyl (C=O) groups is 3. The third kappa shape index (κ3) is 8.37. The zero-order valence-electron chi connectivity index (χ0n) is 19.6. The topological polar surface area (TPSA) is 122 Å². The molecule has 182 valence electrons. The molecule has 2 aromatic rings. The van der Waals surface area contributed by atoms with Crippen LogP contribution in [0.2, 0.25) is 0 Å². The van der Waals surface area contributed by atoms with E-state index in [1.807, 2.05) is 13.8 Å². The minimum absolute atomic E-state index is 0.0701. The number of carboxylic acid groups (broad SMARTS) is 1. The van der Waals surface area contributed by atoms with Gasteiger partial charge in [-0.3, -0.25) is 10.1 Å². The lowest BCUT2D eigenvalue weighted by atomic mass is 9.78. The molecule has 0 spiro atoms. The normalized spacial score (nSPS) is 12.2. The van der Waals surface area contributed by atoms with Crippen LogP contribution in [0, 0.1) is 5.41 Å². The summed E-state index contributed by atoms with van der Waals surface area (Å²) in [7, 11) is 0. The summed E-state index contributed by atoms with van der Waals surface area (Å²) >= 11 is 0. The van der Waals surface area contributed by atoms with Crippen LogP contribution < -0.4 is 10.1 Å². The standard InChI is InChI=1S/C26H31NO7/c1-18(29)19-7-11-21(12-8-19)27-25(32)34-24(26(2,3)15-5-4-6-23(30)31)20-9-13-22(14-10-20)33-17-16-28/h4,6-14,24,28H,5,15-17H2,1-3H3,(H,27,32)(H,30,31)/b6-4+/t24-/m1/s1. The number of carboxylic acids is 1. The minimum atomic E-state index is -1.01. The Morgan fingerprint density at radius 2 is 1.71 bits per heavy atom. The number of amides is 1. The Bertz CT molecular complexity index is 995. The maximum atomic E-state index is 12.7. The summed E-state index contributed by atoms with van der Waals surface area (Å²) in [5, 5.41) is 20.4. The molecule has 0 aromatic heterocycles. The average Bonchev–Trinajstić information content (AvgIpc) is 2.79. The number of hydrogen-bond donors (Lipinski definition) is 3. The van der Waals surface area contributed by atoms with Gasteiger partial charge in [0.25, 0.3) is 0 Å². The van der Waals surface area contributed by atoms with Crippen molar-refractivity contribution in [2.75, 3.05) is 18.5 Å². The van der Waals surface area contributed by atoms with Crippen molar-refractivity contribution in [1.29, 1.82) is 0 Å². The number of hydrogen-bond acceptors (Lipinski definition) is 6. The van der Waals surface area contributed by atoms with Crippen LogP contribution in [0.15, 0.2) is 60.7 Å². The van der Waals surface area contributed by atoms with E-state index in [0.29, 0.717) is 29.8 Å². The highest BCUT2D eigenvalue weighted by Gasteiger charge is 2.34. The molecule has 1 atom stereocenters. The Morgan fingerprint density at radius 1 is 1.06 bits per heavy atom. The number of ketones is 1. The summed E-state index contributed by atoms with van der Waals surface area (Å²) in [4.78, 5) is 34.9. The number of nitrogens with one attached hydrogen (secondary N) is 1. The molecule has 8 heteroatoms. The fraction of sp³-hybridized carbons (Fsp3) is 0.346. The molecule has 34 heavy (non-hydrogen) atoms. The Morgan fingerprint density at radius 3 is 2.26 bits per heavy atom. The van der Waals surface area contributed by atoms with E-state index >= 15 is 0 Å². The van der Waals surface area contributed by atoms with E-state index in [2.05, 4.69) is 5.32 Å². The van der Waals surface area contributed by atoms with Gasteiger partial charge in [0.05, 0.1) is 6.61 Å². The highest BCUT2D eigenvalue weighted by Crippen LogP contribution is 2.41. The molecule has 0 aliphatic heterocycles. The van der Waals surface area contributed by atoms with E-state index < -0.39 is 23.6 Å². The van der Waals surface area contributed by atoms with Crippen molar-refractivity contribution in [1.82, 2.24) is 0 Å². The van der Waals surface area contributed by atoms with Crippen LogP contribution in [-0.2, 0) is 9.53 Å². The van der Waals surface area contributed by atoms with Gasteiger partial charge in [-0.1, -0.05) is 32.1 Å². The van der Waals surface area contributed by atoms with Crippen LogP contribution in [0.3, 0.4) is 0 Å². The minimum Gasteiger partial charge on any atom is -0.491 e. The maximum absolute atomic E-state index is 12.7. The van der Waals surface area contributed by atoms with E-state index in [0.717, 1.165) is 11.6 Å². The number of aliphatic hydroxyl groups is 1. The van der Waals surface area contributed by atoms with Crippen molar-refractivity contribution >= 4 is 23.5 Å². The molecule has 2 aromatic carbocycles. The molecule has 8 nitrogen and oxygen atoms in total. The lowest BCUT2D eigenvalue weighted by Crippen LogP contribution is -2.29. The van der Waals surface area contributed by atoms with Crippen LogP contribution in [-0.4, -0.2) is 41.3 Å². The van der Waals surface area contributed by atoms with Gasteiger partial charge < -0.3 is 19.7 Å². The van der Waals surface area contributed by atoms with Crippen molar-refractivity contribution in [3.63, 3.8) is 0 Å². The summed E-state index contributed by atoms with van der Waals surface area (Å²) in [5.74, 6) is -0.507. The van der Waals surface area contributed by atoms with Crippen LogP contribution in [0.1, 0.15) is 55.6 Å². The molecule has 1 amide bonds.